The van der Waals surface area contributed by atoms with Gasteiger partial charge in [0.15, 0.2) is 0 Å². The Morgan fingerprint density at radius 2 is 2.00 bits per heavy atom. The molecule has 122 valence electrons. The maximum atomic E-state index is 12.5. The first-order valence-electron chi connectivity index (χ1n) is 7.08. The molecule has 21 heavy (non-hydrogen) atoms. The SMILES string of the molecule is COCC(C)N(C)S(=O)(=O)c1ccc(CCNC(C)C)s1. The van der Waals surface area contributed by atoms with Gasteiger partial charge in [0.05, 0.1) is 6.61 Å². The van der Waals surface area contributed by atoms with Gasteiger partial charge in [-0.25, -0.2) is 8.42 Å². The van der Waals surface area contributed by atoms with Gasteiger partial charge in [0, 0.05) is 37.7 Å². The van der Waals surface area contributed by atoms with E-state index in [9.17, 15) is 8.42 Å². The van der Waals surface area contributed by atoms with Gasteiger partial charge in [-0.05, 0) is 25.5 Å². The van der Waals surface area contributed by atoms with Crippen molar-refractivity contribution in [1.82, 2.24) is 9.62 Å². The Morgan fingerprint density at radius 1 is 1.33 bits per heavy atom. The number of methoxy groups -OCH3 is 1. The zero-order valence-corrected chi connectivity index (χ0v) is 15.1. The molecule has 0 aliphatic carbocycles. The first-order valence-corrected chi connectivity index (χ1v) is 9.33. The summed E-state index contributed by atoms with van der Waals surface area (Å²) in [6.07, 6.45) is 0.843. The molecule has 0 amide bonds. The van der Waals surface area contributed by atoms with E-state index in [1.165, 1.54) is 15.6 Å². The van der Waals surface area contributed by atoms with Crippen LogP contribution in [-0.4, -0.2) is 52.1 Å². The predicted octanol–water partition coefficient (Wildman–Crippen LogP) is 1.94. The lowest BCUT2D eigenvalue weighted by molar-refractivity contribution is 0.149. The summed E-state index contributed by atoms with van der Waals surface area (Å²) in [5.74, 6) is 0. The Morgan fingerprint density at radius 3 is 2.57 bits per heavy atom. The standard InChI is InChI=1S/C14H26N2O3S2/c1-11(2)15-9-8-13-6-7-14(20-13)21(17,18)16(4)12(3)10-19-5/h6-7,11-12,15H,8-10H2,1-5H3. The average molecular weight is 335 g/mol. The number of nitrogens with zero attached hydrogens (tertiary/aromatic N) is 1. The fraction of sp³-hybridized carbons (Fsp3) is 0.714. The van der Waals surface area contributed by atoms with Crippen molar-refractivity contribution < 1.29 is 13.2 Å². The molecule has 1 heterocycles. The minimum atomic E-state index is -3.43. The van der Waals surface area contributed by atoms with Crippen molar-refractivity contribution in [2.24, 2.45) is 0 Å². The van der Waals surface area contributed by atoms with Crippen LogP contribution in [-0.2, 0) is 21.2 Å². The molecular formula is C14H26N2O3S2. The monoisotopic (exact) mass is 334 g/mol. The van der Waals surface area contributed by atoms with Crippen molar-refractivity contribution in [3.8, 4) is 0 Å². The summed E-state index contributed by atoms with van der Waals surface area (Å²) >= 11 is 1.34. The summed E-state index contributed by atoms with van der Waals surface area (Å²) in [7, 11) is -0.262. The second-order valence-corrected chi connectivity index (χ2v) is 8.80. The van der Waals surface area contributed by atoms with Gasteiger partial charge in [-0.2, -0.15) is 4.31 Å². The lowest BCUT2D eigenvalue weighted by Gasteiger charge is -2.22. The highest BCUT2D eigenvalue weighted by Crippen LogP contribution is 2.25. The van der Waals surface area contributed by atoms with Crippen LogP contribution in [0.5, 0.6) is 0 Å². The van der Waals surface area contributed by atoms with Gasteiger partial charge < -0.3 is 10.1 Å². The highest BCUT2D eigenvalue weighted by atomic mass is 32.2. The summed E-state index contributed by atoms with van der Waals surface area (Å²) in [6, 6.07) is 3.84. The third kappa shape index (κ3) is 5.34. The molecule has 1 aromatic rings. The molecule has 0 aliphatic rings. The van der Waals surface area contributed by atoms with Crippen LogP contribution in [0.1, 0.15) is 25.6 Å². The zero-order chi connectivity index (χ0) is 16.0. The van der Waals surface area contributed by atoms with Crippen LogP contribution in [0.3, 0.4) is 0 Å². The average Bonchev–Trinajstić information content (AvgIpc) is 2.87. The molecule has 5 nitrogen and oxygen atoms in total. The van der Waals surface area contributed by atoms with Crippen LogP contribution in [0.4, 0.5) is 0 Å². The number of nitrogens with one attached hydrogen (secondary N) is 1. The molecular weight excluding hydrogens is 308 g/mol. The number of ether oxygens (including phenoxy) is 1. The summed E-state index contributed by atoms with van der Waals surface area (Å²) in [5, 5.41) is 3.33. The molecule has 1 atom stereocenters. The van der Waals surface area contributed by atoms with E-state index < -0.39 is 10.0 Å². The number of thiophene rings is 1. The Hall–Kier alpha value is -0.470. The lowest BCUT2D eigenvalue weighted by Crippen LogP contribution is -2.37. The van der Waals surface area contributed by atoms with Crippen LogP contribution in [0.2, 0.25) is 0 Å². The van der Waals surface area contributed by atoms with Crippen molar-refractivity contribution >= 4 is 21.4 Å². The smallest absolute Gasteiger partial charge is 0.252 e. The summed E-state index contributed by atoms with van der Waals surface area (Å²) < 4.78 is 31.8. The molecule has 0 aromatic carbocycles. The van der Waals surface area contributed by atoms with Crippen LogP contribution in [0, 0.1) is 0 Å². The second kappa shape index (κ2) is 8.24. The third-order valence-electron chi connectivity index (χ3n) is 3.22. The van der Waals surface area contributed by atoms with Gasteiger partial charge in [0.1, 0.15) is 4.21 Å². The molecule has 1 rings (SSSR count). The molecule has 0 radical (unpaired) electrons. The number of hydrogen-bond donors (Lipinski definition) is 1. The van der Waals surface area contributed by atoms with Crippen LogP contribution < -0.4 is 5.32 Å². The quantitative estimate of drug-likeness (QED) is 0.750. The van der Waals surface area contributed by atoms with Crippen molar-refractivity contribution in [2.45, 2.75) is 43.5 Å². The molecule has 0 aliphatic heterocycles. The number of sulfonamides is 1. The molecule has 7 heteroatoms. The summed E-state index contributed by atoms with van der Waals surface area (Å²) in [4.78, 5) is 1.08. The molecule has 0 saturated heterocycles. The van der Waals surface area contributed by atoms with E-state index in [0.717, 1.165) is 17.8 Å². The zero-order valence-electron chi connectivity index (χ0n) is 13.4. The van der Waals surface area contributed by atoms with E-state index in [-0.39, 0.29) is 6.04 Å². The third-order valence-corrected chi connectivity index (χ3v) is 6.81. The minimum Gasteiger partial charge on any atom is -0.383 e. The largest absolute Gasteiger partial charge is 0.383 e. The molecule has 0 spiro atoms. The van der Waals surface area contributed by atoms with Crippen LogP contribution in [0.25, 0.3) is 0 Å². The predicted molar refractivity (Wildman–Crippen MR) is 87.4 cm³/mol. The van der Waals surface area contributed by atoms with Gasteiger partial charge in [0.25, 0.3) is 10.0 Å². The van der Waals surface area contributed by atoms with Gasteiger partial charge >= 0.3 is 0 Å². The first-order chi connectivity index (χ1) is 9.78. The Kier molecular flexibility index (Phi) is 7.29. The lowest BCUT2D eigenvalue weighted by atomic mass is 10.3. The molecule has 0 bridgehead atoms. The highest BCUT2D eigenvalue weighted by Gasteiger charge is 2.26. The van der Waals surface area contributed by atoms with E-state index in [0.29, 0.717) is 16.9 Å². The van der Waals surface area contributed by atoms with Crippen molar-refractivity contribution in [3.05, 3.63) is 17.0 Å². The van der Waals surface area contributed by atoms with Gasteiger partial charge in [-0.15, -0.1) is 11.3 Å². The van der Waals surface area contributed by atoms with E-state index in [1.54, 1.807) is 20.2 Å². The maximum Gasteiger partial charge on any atom is 0.252 e. The maximum absolute atomic E-state index is 12.5. The van der Waals surface area contributed by atoms with Crippen LogP contribution in [0.15, 0.2) is 16.3 Å². The summed E-state index contributed by atoms with van der Waals surface area (Å²) in [6.45, 7) is 7.26. The molecule has 1 unspecified atom stereocenters. The van der Waals surface area contributed by atoms with Gasteiger partial charge in [0.2, 0.25) is 0 Å². The fourth-order valence-corrected chi connectivity index (χ4v) is 4.73. The normalized spacial score (nSPS) is 14.0. The van der Waals surface area contributed by atoms with Gasteiger partial charge in [-0.1, -0.05) is 13.8 Å². The second-order valence-electron chi connectivity index (χ2n) is 5.41. The van der Waals surface area contributed by atoms with Crippen LogP contribution >= 0.6 is 11.3 Å². The van der Waals surface area contributed by atoms with E-state index in [1.807, 2.05) is 13.0 Å². The Bertz CT molecular complexity index is 526. The Balaban J connectivity index is 2.74. The molecule has 0 fully saturated rings. The number of hydrogen-bond acceptors (Lipinski definition) is 5. The first kappa shape index (κ1) is 18.6. The fourth-order valence-electron chi connectivity index (χ4n) is 1.84. The molecule has 0 saturated carbocycles. The number of rotatable bonds is 9. The Labute approximate surface area is 132 Å². The van der Waals surface area contributed by atoms with E-state index >= 15 is 0 Å². The molecule has 1 N–H and O–H groups in total. The van der Waals surface area contributed by atoms with Crippen molar-refractivity contribution in [2.75, 3.05) is 27.3 Å². The molecule has 1 aromatic heterocycles. The summed E-state index contributed by atoms with van der Waals surface area (Å²) in [5.41, 5.74) is 0. The van der Waals surface area contributed by atoms with Gasteiger partial charge in [-0.3, -0.25) is 0 Å². The van der Waals surface area contributed by atoms with Crippen molar-refractivity contribution in [3.63, 3.8) is 0 Å². The van der Waals surface area contributed by atoms with E-state index in [4.69, 9.17) is 4.74 Å². The minimum absolute atomic E-state index is 0.187. The number of likely N-dealkylation sites (N-methyl/N-ethyl adjacent to an activating group) is 1. The highest BCUT2D eigenvalue weighted by molar-refractivity contribution is 7.91. The van der Waals surface area contributed by atoms with E-state index in [2.05, 4.69) is 19.2 Å². The van der Waals surface area contributed by atoms with Crippen molar-refractivity contribution in [1.29, 1.82) is 0 Å². The topological polar surface area (TPSA) is 58.6 Å².